The zero-order chi connectivity index (χ0) is 20.1. The summed E-state index contributed by atoms with van der Waals surface area (Å²) < 4.78 is 16.6. The molecule has 0 unspecified atom stereocenters. The lowest BCUT2D eigenvalue weighted by atomic mass is 10.1. The highest BCUT2D eigenvalue weighted by Crippen LogP contribution is 2.34. The van der Waals surface area contributed by atoms with E-state index in [1.54, 1.807) is 6.07 Å². The number of carbonyl (C=O) groups is 1. The number of nitrogens with zero attached hydrogens (tertiary/aromatic N) is 1. The van der Waals surface area contributed by atoms with Crippen LogP contribution in [0.1, 0.15) is 31.0 Å². The molecule has 29 heavy (non-hydrogen) atoms. The van der Waals surface area contributed by atoms with E-state index in [9.17, 15) is 4.79 Å². The number of amides is 1. The van der Waals surface area contributed by atoms with Crippen LogP contribution >= 0.6 is 0 Å². The molecule has 1 N–H and O–H groups in total. The van der Waals surface area contributed by atoms with Crippen LogP contribution in [-0.2, 0) is 17.6 Å². The molecule has 0 atom stereocenters. The molecule has 0 spiro atoms. The second-order valence-electron chi connectivity index (χ2n) is 7.07. The van der Waals surface area contributed by atoms with Gasteiger partial charge in [-0.3, -0.25) is 4.79 Å². The minimum absolute atomic E-state index is 0.131. The Morgan fingerprint density at radius 1 is 1.03 bits per heavy atom. The maximum absolute atomic E-state index is 12.3. The Morgan fingerprint density at radius 3 is 2.62 bits per heavy atom. The van der Waals surface area contributed by atoms with Crippen molar-refractivity contribution in [3.8, 4) is 22.8 Å². The maximum Gasteiger partial charge on any atom is 0.230 e. The molecular formula is C23H24N2O4. The first-order valence-corrected chi connectivity index (χ1v) is 9.95. The van der Waals surface area contributed by atoms with Crippen molar-refractivity contribution >= 4 is 11.6 Å². The number of fused-ring (bicyclic) bond motifs is 1. The molecule has 6 nitrogen and oxygen atoms in total. The number of aryl methyl sites for hydroxylation is 1. The minimum Gasteiger partial charge on any atom is -0.486 e. The Morgan fingerprint density at radius 2 is 1.83 bits per heavy atom. The van der Waals surface area contributed by atoms with E-state index in [0.29, 0.717) is 30.4 Å². The number of aromatic nitrogens is 1. The van der Waals surface area contributed by atoms with Gasteiger partial charge in [0.05, 0.1) is 12.1 Å². The molecule has 1 amide bonds. The van der Waals surface area contributed by atoms with E-state index in [-0.39, 0.29) is 12.3 Å². The second-order valence-corrected chi connectivity index (χ2v) is 7.07. The second kappa shape index (κ2) is 8.82. The van der Waals surface area contributed by atoms with Crippen molar-refractivity contribution in [1.29, 1.82) is 0 Å². The van der Waals surface area contributed by atoms with Gasteiger partial charge in [-0.1, -0.05) is 30.6 Å². The molecule has 0 radical (unpaired) electrons. The maximum atomic E-state index is 12.3. The first kappa shape index (κ1) is 19.1. The standard InChI is InChI=1S/C23H24N2O4/c1-2-3-4-16-5-8-18(9-6-16)24-23(26)15-19-14-21(29-25-19)17-7-10-20-22(13-17)28-12-11-27-20/h5-10,13-14H,2-4,11-12,15H2,1H3,(H,24,26). The number of nitrogens with one attached hydrogen (secondary N) is 1. The number of hydrogen-bond donors (Lipinski definition) is 1. The summed E-state index contributed by atoms with van der Waals surface area (Å²) in [6, 6.07) is 15.4. The highest BCUT2D eigenvalue weighted by molar-refractivity contribution is 5.92. The normalized spacial score (nSPS) is 12.6. The average Bonchev–Trinajstić information content (AvgIpc) is 3.21. The van der Waals surface area contributed by atoms with E-state index in [4.69, 9.17) is 14.0 Å². The Balaban J connectivity index is 1.37. The van der Waals surface area contributed by atoms with Crippen LogP contribution in [0, 0.1) is 0 Å². The molecule has 0 aliphatic carbocycles. The molecule has 0 bridgehead atoms. The number of hydrogen-bond acceptors (Lipinski definition) is 5. The lowest BCUT2D eigenvalue weighted by Crippen LogP contribution is -2.15. The fraction of sp³-hybridized carbons (Fsp3) is 0.304. The summed E-state index contributed by atoms with van der Waals surface area (Å²) in [5.74, 6) is 1.87. The van der Waals surface area contributed by atoms with Gasteiger partial charge in [0.25, 0.3) is 0 Å². The molecule has 0 fully saturated rings. The third kappa shape index (κ3) is 4.77. The molecule has 3 aromatic rings. The first-order valence-electron chi connectivity index (χ1n) is 9.95. The molecule has 1 aliphatic heterocycles. The zero-order valence-corrected chi connectivity index (χ0v) is 16.4. The van der Waals surface area contributed by atoms with Gasteiger partial charge in [-0.2, -0.15) is 0 Å². The molecule has 2 aromatic carbocycles. The van der Waals surface area contributed by atoms with Crippen LogP contribution in [0.5, 0.6) is 11.5 Å². The topological polar surface area (TPSA) is 73.6 Å². The monoisotopic (exact) mass is 392 g/mol. The lowest BCUT2D eigenvalue weighted by molar-refractivity contribution is -0.115. The van der Waals surface area contributed by atoms with Crippen molar-refractivity contribution in [1.82, 2.24) is 5.16 Å². The Kier molecular flexibility index (Phi) is 5.79. The van der Waals surface area contributed by atoms with Gasteiger partial charge < -0.3 is 19.3 Å². The number of rotatable bonds is 7. The third-order valence-electron chi connectivity index (χ3n) is 4.78. The van der Waals surface area contributed by atoms with E-state index in [2.05, 4.69) is 29.5 Å². The summed E-state index contributed by atoms with van der Waals surface area (Å²) in [6.07, 6.45) is 3.55. The van der Waals surface area contributed by atoms with Crippen LogP contribution in [0.3, 0.4) is 0 Å². The predicted octanol–water partition coefficient (Wildman–Crippen LogP) is 4.64. The van der Waals surface area contributed by atoms with E-state index in [1.807, 2.05) is 30.3 Å². The number of benzene rings is 2. The summed E-state index contributed by atoms with van der Waals surface area (Å²) in [4.78, 5) is 12.3. The lowest BCUT2D eigenvalue weighted by Gasteiger charge is -2.18. The number of ether oxygens (including phenoxy) is 2. The van der Waals surface area contributed by atoms with E-state index in [1.165, 1.54) is 18.4 Å². The largest absolute Gasteiger partial charge is 0.486 e. The Bertz CT molecular complexity index is 979. The van der Waals surface area contributed by atoms with Gasteiger partial charge in [-0.05, 0) is 48.7 Å². The van der Waals surface area contributed by atoms with E-state index < -0.39 is 0 Å². The van der Waals surface area contributed by atoms with Crippen molar-refractivity contribution < 1.29 is 18.8 Å². The predicted molar refractivity (Wildman–Crippen MR) is 110 cm³/mol. The number of carbonyl (C=O) groups excluding carboxylic acids is 1. The van der Waals surface area contributed by atoms with Gasteiger partial charge in [0.1, 0.15) is 13.2 Å². The summed E-state index contributed by atoms with van der Waals surface area (Å²) in [5.41, 5.74) is 3.47. The van der Waals surface area contributed by atoms with Crippen LogP contribution in [0.4, 0.5) is 5.69 Å². The van der Waals surface area contributed by atoms with Gasteiger partial charge in [0.15, 0.2) is 17.3 Å². The summed E-state index contributed by atoms with van der Waals surface area (Å²) in [6.45, 7) is 3.25. The molecule has 1 aromatic heterocycles. The molecular weight excluding hydrogens is 368 g/mol. The average molecular weight is 392 g/mol. The van der Waals surface area contributed by atoms with E-state index in [0.717, 1.165) is 23.4 Å². The van der Waals surface area contributed by atoms with Gasteiger partial charge in [-0.25, -0.2) is 0 Å². The first-order chi connectivity index (χ1) is 14.2. The summed E-state index contributed by atoms with van der Waals surface area (Å²) in [7, 11) is 0. The van der Waals surface area contributed by atoms with Gasteiger partial charge in [-0.15, -0.1) is 0 Å². The van der Waals surface area contributed by atoms with Crippen LogP contribution < -0.4 is 14.8 Å². The van der Waals surface area contributed by atoms with E-state index >= 15 is 0 Å². The quantitative estimate of drug-likeness (QED) is 0.634. The van der Waals surface area contributed by atoms with Crippen LogP contribution in [0.15, 0.2) is 53.1 Å². The molecule has 1 aliphatic rings. The highest BCUT2D eigenvalue weighted by Gasteiger charge is 2.16. The van der Waals surface area contributed by atoms with Crippen LogP contribution in [0.2, 0.25) is 0 Å². The zero-order valence-electron chi connectivity index (χ0n) is 16.4. The summed E-state index contributed by atoms with van der Waals surface area (Å²) >= 11 is 0. The smallest absolute Gasteiger partial charge is 0.230 e. The highest BCUT2D eigenvalue weighted by atomic mass is 16.6. The van der Waals surface area contributed by atoms with Crippen LogP contribution in [-0.4, -0.2) is 24.3 Å². The minimum atomic E-state index is -0.131. The number of unbranched alkanes of at least 4 members (excludes halogenated alkanes) is 1. The van der Waals surface area contributed by atoms with Crippen molar-refractivity contribution in [2.75, 3.05) is 18.5 Å². The Labute approximate surface area is 169 Å². The SMILES string of the molecule is CCCCc1ccc(NC(=O)Cc2cc(-c3ccc4c(c3)OCCO4)on2)cc1. The molecule has 150 valence electrons. The molecule has 6 heteroatoms. The van der Waals surface area contributed by atoms with Gasteiger partial charge >= 0.3 is 0 Å². The van der Waals surface area contributed by atoms with Crippen molar-refractivity contribution in [2.45, 2.75) is 32.6 Å². The Hall–Kier alpha value is -3.28. The number of anilines is 1. The van der Waals surface area contributed by atoms with Crippen molar-refractivity contribution in [3.05, 3.63) is 59.8 Å². The third-order valence-corrected chi connectivity index (χ3v) is 4.78. The van der Waals surface area contributed by atoms with Gasteiger partial charge in [0, 0.05) is 17.3 Å². The molecule has 4 rings (SSSR count). The summed E-state index contributed by atoms with van der Waals surface area (Å²) in [5, 5.41) is 6.93. The van der Waals surface area contributed by atoms with Gasteiger partial charge in [0.2, 0.25) is 5.91 Å². The van der Waals surface area contributed by atoms with Crippen LogP contribution in [0.25, 0.3) is 11.3 Å². The van der Waals surface area contributed by atoms with Crippen molar-refractivity contribution in [2.24, 2.45) is 0 Å². The fourth-order valence-electron chi connectivity index (χ4n) is 3.23. The fourth-order valence-corrected chi connectivity index (χ4v) is 3.23. The van der Waals surface area contributed by atoms with Crippen molar-refractivity contribution in [3.63, 3.8) is 0 Å². The molecule has 2 heterocycles. The molecule has 0 saturated heterocycles. The molecule has 0 saturated carbocycles.